The van der Waals surface area contributed by atoms with E-state index in [0.29, 0.717) is 11.1 Å². The lowest BCUT2D eigenvalue weighted by molar-refractivity contribution is 0.0923. The Labute approximate surface area is 92.9 Å². The topological polar surface area (TPSA) is 62.5 Å². The lowest BCUT2D eigenvalue weighted by Gasteiger charge is -2.09. The summed E-state index contributed by atoms with van der Waals surface area (Å²) in [6.07, 6.45) is 1.43. The first-order valence-electron chi connectivity index (χ1n) is 5.10. The highest BCUT2D eigenvalue weighted by molar-refractivity contribution is 6.05. The van der Waals surface area contributed by atoms with Gasteiger partial charge in [-0.15, -0.1) is 0 Å². The van der Waals surface area contributed by atoms with Crippen LogP contribution >= 0.6 is 0 Å². The second-order valence-corrected chi connectivity index (χ2v) is 3.70. The van der Waals surface area contributed by atoms with E-state index in [9.17, 15) is 4.79 Å². The first kappa shape index (κ1) is 10.7. The summed E-state index contributed by atoms with van der Waals surface area (Å²) >= 11 is 0. The van der Waals surface area contributed by atoms with E-state index in [1.807, 2.05) is 24.3 Å². The number of para-hydroxylation sites is 1. The molecule has 1 atom stereocenters. The van der Waals surface area contributed by atoms with Crippen molar-refractivity contribution in [1.82, 2.24) is 5.32 Å². The van der Waals surface area contributed by atoms with E-state index >= 15 is 0 Å². The maximum absolute atomic E-state index is 11.8. The molecule has 0 saturated carbocycles. The minimum atomic E-state index is -0.263. The molecule has 0 unspecified atom stereocenters. The fraction of sp³-hybridized carbons (Fsp3) is 0.250. The molecule has 2 aromatic rings. The maximum atomic E-state index is 11.8. The van der Waals surface area contributed by atoms with Gasteiger partial charge in [0, 0.05) is 11.4 Å². The second kappa shape index (κ2) is 4.37. The minimum Gasteiger partial charge on any atom is -0.463 e. The van der Waals surface area contributed by atoms with Crippen LogP contribution in [-0.2, 0) is 0 Å². The molecule has 0 fully saturated rings. The largest absolute Gasteiger partial charge is 0.463 e. The predicted octanol–water partition coefficient (Wildman–Crippen LogP) is 1.54. The zero-order valence-corrected chi connectivity index (χ0v) is 8.93. The van der Waals surface area contributed by atoms with E-state index in [0.717, 1.165) is 5.39 Å². The van der Waals surface area contributed by atoms with Gasteiger partial charge >= 0.3 is 0 Å². The highest BCUT2D eigenvalue weighted by Gasteiger charge is 2.14. The van der Waals surface area contributed by atoms with Crippen molar-refractivity contribution in [1.29, 1.82) is 0 Å². The molecule has 0 saturated heterocycles. The third-order valence-electron chi connectivity index (χ3n) is 2.38. The number of carbonyl (C=O) groups is 1. The molecule has 0 aliphatic carbocycles. The van der Waals surface area contributed by atoms with Gasteiger partial charge in [0.05, 0.1) is 12.2 Å². The van der Waals surface area contributed by atoms with Crippen molar-refractivity contribution >= 4 is 16.9 Å². The zero-order chi connectivity index (χ0) is 11.5. The van der Waals surface area contributed by atoms with Gasteiger partial charge in [-0.2, -0.15) is 0 Å². The van der Waals surface area contributed by atoms with Gasteiger partial charge in [-0.25, -0.2) is 0 Å². The number of hydrogen-bond donors (Lipinski definition) is 2. The number of hydrogen-bond acceptors (Lipinski definition) is 3. The maximum Gasteiger partial charge on any atom is 0.255 e. The van der Waals surface area contributed by atoms with Gasteiger partial charge in [0.2, 0.25) is 0 Å². The highest BCUT2D eigenvalue weighted by atomic mass is 16.3. The molecule has 84 valence electrons. The quantitative estimate of drug-likeness (QED) is 0.823. The number of aliphatic hydroxyl groups is 1. The Hall–Kier alpha value is -1.81. The van der Waals surface area contributed by atoms with Crippen molar-refractivity contribution in [2.24, 2.45) is 0 Å². The summed E-state index contributed by atoms with van der Waals surface area (Å²) in [5.74, 6) is -0.230. The van der Waals surface area contributed by atoms with Crippen molar-refractivity contribution in [3.63, 3.8) is 0 Å². The summed E-state index contributed by atoms with van der Waals surface area (Å²) in [7, 11) is 0. The third kappa shape index (κ3) is 1.92. The van der Waals surface area contributed by atoms with E-state index in [4.69, 9.17) is 9.52 Å². The average molecular weight is 219 g/mol. The van der Waals surface area contributed by atoms with E-state index in [2.05, 4.69) is 5.32 Å². The Morgan fingerprint density at radius 3 is 3.00 bits per heavy atom. The molecular weight excluding hydrogens is 206 g/mol. The molecule has 2 rings (SSSR count). The first-order chi connectivity index (χ1) is 7.72. The molecule has 0 spiro atoms. The average Bonchev–Trinajstić information content (AvgIpc) is 2.72. The van der Waals surface area contributed by atoms with Gasteiger partial charge in [-0.3, -0.25) is 4.79 Å². The number of carbonyl (C=O) groups excluding carboxylic acids is 1. The number of fused-ring (bicyclic) bond motifs is 1. The van der Waals surface area contributed by atoms with Crippen molar-refractivity contribution in [2.75, 3.05) is 6.61 Å². The standard InChI is InChI=1S/C12H13NO3/c1-8(6-14)13-12(15)10-7-16-11-5-3-2-4-9(10)11/h2-5,7-8,14H,6H2,1H3,(H,13,15)/t8-/m1/s1. The lowest BCUT2D eigenvalue weighted by atomic mass is 10.1. The number of rotatable bonds is 3. The highest BCUT2D eigenvalue weighted by Crippen LogP contribution is 2.20. The molecule has 0 aliphatic heterocycles. The molecule has 1 amide bonds. The van der Waals surface area contributed by atoms with Crippen LogP contribution in [0.15, 0.2) is 34.9 Å². The SMILES string of the molecule is C[C@H](CO)NC(=O)c1coc2ccccc12. The minimum absolute atomic E-state index is 0.0818. The van der Waals surface area contributed by atoms with Gasteiger partial charge in [-0.1, -0.05) is 18.2 Å². The number of nitrogens with one attached hydrogen (secondary N) is 1. The van der Waals surface area contributed by atoms with Crippen LogP contribution in [0.4, 0.5) is 0 Å². The Balaban J connectivity index is 2.30. The summed E-state index contributed by atoms with van der Waals surface area (Å²) in [5.41, 5.74) is 1.18. The fourth-order valence-electron chi connectivity index (χ4n) is 1.50. The van der Waals surface area contributed by atoms with Crippen molar-refractivity contribution in [3.8, 4) is 0 Å². The Morgan fingerprint density at radius 1 is 1.50 bits per heavy atom. The van der Waals surface area contributed by atoms with E-state index in [1.54, 1.807) is 6.92 Å². The molecule has 2 N–H and O–H groups in total. The number of aliphatic hydroxyl groups excluding tert-OH is 1. The van der Waals surface area contributed by atoms with E-state index in [1.165, 1.54) is 6.26 Å². The zero-order valence-electron chi connectivity index (χ0n) is 8.93. The van der Waals surface area contributed by atoms with Crippen LogP contribution in [0, 0.1) is 0 Å². The predicted molar refractivity (Wildman–Crippen MR) is 60.2 cm³/mol. The summed E-state index contributed by atoms with van der Waals surface area (Å²) in [5, 5.41) is 12.3. The second-order valence-electron chi connectivity index (χ2n) is 3.70. The van der Waals surface area contributed by atoms with Crippen LogP contribution in [0.3, 0.4) is 0 Å². The Kier molecular flexibility index (Phi) is 2.92. The molecule has 4 nitrogen and oxygen atoms in total. The molecule has 1 aromatic heterocycles. The number of furan rings is 1. The summed E-state index contributed by atoms with van der Waals surface area (Å²) in [6.45, 7) is 1.65. The summed E-state index contributed by atoms with van der Waals surface area (Å²) < 4.78 is 5.26. The molecule has 4 heteroatoms. The van der Waals surface area contributed by atoms with Crippen molar-refractivity contribution in [2.45, 2.75) is 13.0 Å². The normalized spacial score (nSPS) is 12.6. The third-order valence-corrected chi connectivity index (χ3v) is 2.38. The van der Waals surface area contributed by atoms with Gasteiger partial charge in [0.25, 0.3) is 5.91 Å². The van der Waals surface area contributed by atoms with Crippen LogP contribution in [0.1, 0.15) is 17.3 Å². The van der Waals surface area contributed by atoms with Gasteiger partial charge < -0.3 is 14.8 Å². The Bertz CT molecular complexity index is 504. The fourth-order valence-corrected chi connectivity index (χ4v) is 1.50. The van der Waals surface area contributed by atoms with Crippen LogP contribution in [0.5, 0.6) is 0 Å². The van der Waals surface area contributed by atoms with Crippen LogP contribution in [-0.4, -0.2) is 23.7 Å². The smallest absolute Gasteiger partial charge is 0.255 e. The van der Waals surface area contributed by atoms with Gasteiger partial charge in [0.1, 0.15) is 11.8 Å². The molecular formula is C12H13NO3. The summed E-state index contributed by atoms with van der Waals surface area (Å²) in [6, 6.07) is 7.08. The lowest BCUT2D eigenvalue weighted by Crippen LogP contribution is -2.34. The molecule has 1 aromatic carbocycles. The van der Waals surface area contributed by atoms with Crippen molar-refractivity contribution < 1.29 is 14.3 Å². The first-order valence-corrected chi connectivity index (χ1v) is 5.10. The molecule has 0 radical (unpaired) electrons. The number of amides is 1. The van der Waals surface area contributed by atoms with Crippen LogP contribution < -0.4 is 5.32 Å². The van der Waals surface area contributed by atoms with E-state index < -0.39 is 0 Å². The van der Waals surface area contributed by atoms with Gasteiger partial charge in [0.15, 0.2) is 0 Å². The molecule has 0 aliphatic rings. The van der Waals surface area contributed by atoms with Crippen LogP contribution in [0.2, 0.25) is 0 Å². The number of benzene rings is 1. The van der Waals surface area contributed by atoms with E-state index in [-0.39, 0.29) is 18.6 Å². The molecule has 16 heavy (non-hydrogen) atoms. The molecule has 0 bridgehead atoms. The Morgan fingerprint density at radius 2 is 2.25 bits per heavy atom. The van der Waals surface area contributed by atoms with Crippen LogP contribution in [0.25, 0.3) is 11.0 Å². The molecule has 1 heterocycles. The van der Waals surface area contributed by atoms with Crippen molar-refractivity contribution in [3.05, 3.63) is 36.1 Å². The monoisotopic (exact) mass is 219 g/mol. The van der Waals surface area contributed by atoms with Gasteiger partial charge in [-0.05, 0) is 13.0 Å². The summed E-state index contributed by atoms with van der Waals surface area (Å²) in [4.78, 5) is 11.8.